The van der Waals surface area contributed by atoms with E-state index >= 15 is 0 Å². The summed E-state index contributed by atoms with van der Waals surface area (Å²) < 4.78 is 24.1. The van der Waals surface area contributed by atoms with E-state index in [4.69, 9.17) is 0 Å². The van der Waals surface area contributed by atoms with Crippen molar-refractivity contribution in [2.75, 3.05) is 33.0 Å². The van der Waals surface area contributed by atoms with Gasteiger partial charge in [-0.25, -0.2) is 0 Å². The molecule has 0 amide bonds. The molecule has 92 valence electrons. The molecule has 0 saturated carbocycles. The van der Waals surface area contributed by atoms with Crippen LogP contribution in [0.25, 0.3) is 0 Å². The summed E-state index contributed by atoms with van der Waals surface area (Å²) in [7, 11) is 0. The zero-order valence-electron chi connectivity index (χ0n) is 10.1. The zero-order chi connectivity index (χ0) is 11.5. The van der Waals surface area contributed by atoms with E-state index in [0.29, 0.717) is 18.8 Å². The largest absolute Gasteiger partial charge is 0.303 e. The predicted molar refractivity (Wildman–Crippen MR) is 61.7 cm³/mol. The first-order chi connectivity index (χ1) is 7.20. The Hall–Kier alpha value is -0.180. The Labute approximate surface area is 92.8 Å². The fourth-order valence-electron chi connectivity index (χ4n) is 1.63. The van der Waals surface area contributed by atoms with Crippen LogP contribution in [-0.4, -0.2) is 37.9 Å². The summed E-state index contributed by atoms with van der Waals surface area (Å²) in [4.78, 5) is 2.18. The number of rotatable bonds is 10. The quantitative estimate of drug-likeness (QED) is 0.546. The first-order valence-electron chi connectivity index (χ1n) is 6.05. The van der Waals surface area contributed by atoms with Gasteiger partial charge in [0.15, 0.2) is 0 Å². The molecule has 0 radical (unpaired) electrons. The Morgan fingerprint density at radius 1 is 0.867 bits per heavy atom. The third-order valence-electron chi connectivity index (χ3n) is 2.47. The average molecular weight is 221 g/mol. The van der Waals surface area contributed by atoms with Gasteiger partial charge in [0, 0.05) is 13.1 Å². The molecule has 0 aliphatic heterocycles. The highest BCUT2D eigenvalue weighted by molar-refractivity contribution is 4.59. The van der Waals surface area contributed by atoms with E-state index in [1.165, 1.54) is 6.42 Å². The average Bonchev–Trinajstić information content (AvgIpc) is 2.20. The van der Waals surface area contributed by atoms with Crippen molar-refractivity contribution >= 4 is 0 Å². The lowest BCUT2D eigenvalue weighted by atomic mass is 10.1. The summed E-state index contributed by atoms with van der Waals surface area (Å²) in [5.41, 5.74) is 0. The molecule has 0 aliphatic carbocycles. The smallest absolute Gasteiger partial charge is 0.0906 e. The topological polar surface area (TPSA) is 3.24 Å². The van der Waals surface area contributed by atoms with Crippen LogP contribution in [-0.2, 0) is 0 Å². The normalized spacial score (nSPS) is 11.6. The molecular formula is C12H25F2N. The monoisotopic (exact) mass is 221 g/mol. The second-order valence-electron chi connectivity index (χ2n) is 4.46. The minimum absolute atomic E-state index is 0.268. The zero-order valence-corrected chi connectivity index (χ0v) is 10.1. The van der Waals surface area contributed by atoms with E-state index in [1.54, 1.807) is 0 Å². The summed E-state index contributed by atoms with van der Waals surface area (Å²) in [6.45, 7) is 6.40. The first kappa shape index (κ1) is 14.8. The molecule has 1 nitrogen and oxygen atoms in total. The minimum Gasteiger partial charge on any atom is -0.303 e. The molecule has 0 rings (SSSR count). The van der Waals surface area contributed by atoms with Crippen molar-refractivity contribution < 1.29 is 8.78 Å². The SMILES string of the molecule is CC(C)CCCN(CCCF)CCCF. The van der Waals surface area contributed by atoms with Gasteiger partial charge in [0.1, 0.15) is 0 Å². The van der Waals surface area contributed by atoms with Gasteiger partial charge >= 0.3 is 0 Å². The van der Waals surface area contributed by atoms with Crippen molar-refractivity contribution in [3.05, 3.63) is 0 Å². The summed E-state index contributed by atoms with van der Waals surface area (Å²) in [6.07, 6.45) is 3.49. The molecule has 0 atom stereocenters. The second-order valence-corrected chi connectivity index (χ2v) is 4.46. The molecule has 0 bridgehead atoms. The van der Waals surface area contributed by atoms with Gasteiger partial charge in [0.05, 0.1) is 13.3 Å². The molecule has 0 N–H and O–H groups in total. The Bertz CT molecular complexity index is 121. The Kier molecular flexibility index (Phi) is 10.2. The second kappa shape index (κ2) is 10.3. The summed E-state index contributed by atoms with van der Waals surface area (Å²) in [5, 5.41) is 0. The van der Waals surface area contributed by atoms with Crippen molar-refractivity contribution in [3.63, 3.8) is 0 Å². The van der Waals surface area contributed by atoms with Crippen LogP contribution in [0.1, 0.15) is 39.5 Å². The van der Waals surface area contributed by atoms with Gasteiger partial charge in [-0.15, -0.1) is 0 Å². The molecule has 3 heteroatoms. The minimum atomic E-state index is -0.268. The van der Waals surface area contributed by atoms with Crippen molar-refractivity contribution in [1.82, 2.24) is 4.90 Å². The Balaban J connectivity index is 3.58. The molecule has 0 aromatic heterocycles. The molecule has 0 spiro atoms. The van der Waals surface area contributed by atoms with Crippen LogP contribution in [0.5, 0.6) is 0 Å². The molecule has 0 unspecified atom stereocenters. The van der Waals surface area contributed by atoms with E-state index in [0.717, 1.165) is 26.1 Å². The van der Waals surface area contributed by atoms with Gasteiger partial charge in [-0.2, -0.15) is 0 Å². The van der Waals surface area contributed by atoms with E-state index in [-0.39, 0.29) is 13.3 Å². The first-order valence-corrected chi connectivity index (χ1v) is 6.05. The van der Waals surface area contributed by atoms with Crippen molar-refractivity contribution in [2.45, 2.75) is 39.5 Å². The van der Waals surface area contributed by atoms with E-state index in [2.05, 4.69) is 18.7 Å². The van der Waals surface area contributed by atoms with Gasteiger partial charge in [-0.3, -0.25) is 8.78 Å². The number of halogens is 2. The molecule has 0 fully saturated rings. The molecule has 0 aromatic carbocycles. The Morgan fingerprint density at radius 3 is 1.73 bits per heavy atom. The lowest BCUT2D eigenvalue weighted by Crippen LogP contribution is -2.28. The fraction of sp³-hybridized carbons (Fsp3) is 1.00. The highest BCUT2D eigenvalue weighted by Gasteiger charge is 2.04. The molecule has 0 aromatic rings. The van der Waals surface area contributed by atoms with Crippen LogP contribution in [0.15, 0.2) is 0 Å². The fourth-order valence-corrected chi connectivity index (χ4v) is 1.63. The Morgan fingerprint density at radius 2 is 1.33 bits per heavy atom. The highest BCUT2D eigenvalue weighted by Crippen LogP contribution is 2.06. The predicted octanol–water partition coefficient (Wildman–Crippen LogP) is 3.44. The van der Waals surface area contributed by atoms with Gasteiger partial charge in [-0.1, -0.05) is 13.8 Å². The van der Waals surface area contributed by atoms with Gasteiger partial charge in [0.25, 0.3) is 0 Å². The molecule has 0 heterocycles. The van der Waals surface area contributed by atoms with Gasteiger partial charge in [0.2, 0.25) is 0 Å². The maximum absolute atomic E-state index is 12.0. The molecular weight excluding hydrogens is 196 g/mol. The van der Waals surface area contributed by atoms with Gasteiger partial charge < -0.3 is 4.90 Å². The maximum Gasteiger partial charge on any atom is 0.0906 e. The highest BCUT2D eigenvalue weighted by atomic mass is 19.1. The third-order valence-corrected chi connectivity index (χ3v) is 2.47. The van der Waals surface area contributed by atoms with Crippen LogP contribution < -0.4 is 0 Å². The van der Waals surface area contributed by atoms with Crippen LogP contribution in [0, 0.1) is 5.92 Å². The maximum atomic E-state index is 12.0. The molecule has 0 saturated heterocycles. The van der Waals surface area contributed by atoms with Crippen LogP contribution >= 0.6 is 0 Å². The summed E-state index contributed by atoms with van der Waals surface area (Å²) in [6, 6.07) is 0. The van der Waals surface area contributed by atoms with Crippen molar-refractivity contribution in [1.29, 1.82) is 0 Å². The lowest BCUT2D eigenvalue weighted by molar-refractivity contribution is 0.238. The van der Waals surface area contributed by atoms with E-state index in [1.807, 2.05) is 0 Å². The summed E-state index contributed by atoms with van der Waals surface area (Å²) in [5.74, 6) is 0.717. The number of nitrogens with zero attached hydrogens (tertiary/aromatic N) is 1. The number of hydrogen-bond donors (Lipinski definition) is 0. The molecule has 0 aliphatic rings. The standard InChI is InChI=1S/C12H25F2N/c1-12(2)6-3-9-15(10-4-7-13)11-5-8-14/h12H,3-11H2,1-2H3. The van der Waals surface area contributed by atoms with E-state index in [9.17, 15) is 8.78 Å². The number of hydrogen-bond acceptors (Lipinski definition) is 1. The van der Waals surface area contributed by atoms with E-state index < -0.39 is 0 Å². The van der Waals surface area contributed by atoms with Crippen LogP contribution in [0.2, 0.25) is 0 Å². The summed E-state index contributed by atoms with van der Waals surface area (Å²) >= 11 is 0. The lowest BCUT2D eigenvalue weighted by Gasteiger charge is -2.21. The van der Waals surface area contributed by atoms with Gasteiger partial charge in [-0.05, 0) is 38.1 Å². The number of alkyl halides is 2. The van der Waals surface area contributed by atoms with Crippen molar-refractivity contribution in [3.8, 4) is 0 Å². The van der Waals surface area contributed by atoms with Crippen molar-refractivity contribution in [2.24, 2.45) is 5.92 Å². The molecule has 15 heavy (non-hydrogen) atoms. The third kappa shape index (κ3) is 10.1. The van der Waals surface area contributed by atoms with Crippen LogP contribution in [0.4, 0.5) is 8.78 Å². The van der Waals surface area contributed by atoms with Crippen LogP contribution in [0.3, 0.4) is 0 Å².